The fraction of sp³-hybridized carbons (Fsp3) is 0.520. The summed E-state index contributed by atoms with van der Waals surface area (Å²) < 4.78 is 60.9. The fourth-order valence-corrected chi connectivity index (χ4v) is 7.22. The van der Waals surface area contributed by atoms with Crippen molar-refractivity contribution in [2.45, 2.75) is 49.8 Å². The average Bonchev–Trinajstić information content (AvgIpc) is 2.88. The lowest BCUT2D eigenvalue weighted by molar-refractivity contribution is 0.378. The molecule has 0 N–H and O–H groups in total. The third kappa shape index (κ3) is 5.99. The summed E-state index contributed by atoms with van der Waals surface area (Å²) in [5, 5.41) is 0. The minimum absolute atomic E-state index is 0.204. The van der Waals surface area contributed by atoms with E-state index >= 15 is 0 Å². The topological polar surface area (TPSA) is 87.2 Å². The zero-order valence-electron chi connectivity index (χ0n) is 21.1. The second-order valence-electron chi connectivity index (χ2n) is 8.56. The summed E-state index contributed by atoms with van der Waals surface area (Å²) in [7, 11) is -5.68. The van der Waals surface area contributed by atoms with Crippen LogP contribution < -0.4 is 9.64 Å². The van der Waals surface area contributed by atoms with Crippen molar-refractivity contribution >= 4 is 25.7 Å². The summed E-state index contributed by atoms with van der Waals surface area (Å²) >= 11 is 0. The van der Waals surface area contributed by atoms with Crippen molar-refractivity contribution in [2.75, 3.05) is 51.3 Å². The smallest absolute Gasteiger partial charge is 0.243 e. The fourth-order valence-electron chi connectivity index (χ4n) is 4.32. The van der Waals surface area contributed by atoms with Crippen LogP contribution in [0.15, 0.2) is 52.3 Å². The first-order valence-corrected chi connectivity index (χ1v) is 15.1. The van der Waals surface area contributed by atoms with Crippen LogP contribution in [0.3, 0.4) is 0 Å². The molecule has 0 aromatic heterocycles. The van der Waals surface area contributed by atoms with E-state index in [1.807, 2.05) is 30.9 Å². The second kappa shape index (κ2) is 11.7. The van der Waals surface area contributed by atoms with Crippen LogP contribution in [0.2, 0.25) is 0 Å². The predicted octanol–water partition coefficient (Wildman–Crippen LogP) is 3.58. The van der Waals surface area contributed by atoms with E-state index in [4.69, 9.17) is 4.74 Å². The zero-order chi connectivity index (χ0) is 25.6. The Hall–Kier alpha value is -2.14. The summed E-state index contributed by atoms with van der Waals surface area (Å²) in [6.45, 7) is 7.98. The Kier molecular flexibility index (Phi) is 9.20. The molecule has 1 heterocycles. The van der Waals surface area contributed by atoms with Crippen molar-refractivity contribution in [1.82, 2.24) is 8.61 Å². The van der Waals surface area contributed by atoms with Crippen molar-refractivity contribution in [3.63, 3.8) is 0 Å². The first-order valence-electron chi connectivity index (χ1n) is 12.2. The third-order valence-electron chi connectivity index (χ3n) is 6.45. The maximum Gasteiger partial charge on any atom is 0.243 e. The van der Waals surface area contributed by atoms with Crippen molar-refractivity contribution in [2.24, 2.45) is 0 Å². The van der Waals surface area contributed by atoms with Gasteiger partial charge in [-0.05, 0) is 48.7 Å². The van der Waals surface area contributed by atoms with Crippen LogP contribution in [-0.2, 0) is 26.5 Å². The summed E-state index contributed by atoms with van der Waals surface area (Å²) in [6.07, 6.45) is 3.12. The van der Waals surface area contributed by atoms with E-state index in [9.17, 15) is 16.8 Å². The molecule has 0 amide bonds. The first kappa shape index (κ1) is 27.4. The molecule has 2 aromatic rings. The van der Waals surface area contributed by atoms with Crippen LogP contribution in [0.4, 0.5) is 5.69 Å². The molecule has 1 aliphatic heterocycles. The van der Waals surface area contributed by atoms with Gasteiger partial charge in [0.05, 0.1) is 22.6 Å². The molecule has 0 radical (unpaired) electrons. The molecule has 0 spiro atoms. The number of piperazine rings is 1. The van der Waals surface area contributed by atoms with Gasteiger partial charge in [0.1, 0.15) is 5.75 Å². The molecule has 0 atom stereocenters. The lowest BCUT2D eigenvalue weighted by atomic mass is 10.1. The van der Waals surface area contributed by atoms with E-state index in [1.165, 1.54) is 8.61 Å². The van der Waals surface area contributed by atoms with E-state index < -0.39 is 20.0 Å². The normalized spacial score (nSPS) is 15.5. The van der Waals surface area contributed by atoms with Gasteiger partial charge in [0.25, 0.3) is 0 Å². The third-order valence-corrected chi connectivity index (χ3v) is 10.4. The highest BCUT2D eigenvalue weighted by Crippen LogP contribution is 2.33. The van der Waals surface area contributed by atoms with Crippen molar-refractivity contribution in [3.8, 4) is 5.75 Å². The lowest BCUT2D eigenvalue weighted by Gasteiger charge is -2.36. The Balaban J connectivity index is 1.78. The number of methoxy groups -OCH3 is 1. The van der Waals surface area contributed by atoms with E-state index in [0.29, 0.717) is 55.6 Å². The molecular weight excluding hydrogens is 486 g/mol. The molecule has 0 aliphatic carbocycles. The predicted molar refractivity (Wildman–Crippen MR) is 139 cm³/mol. The molecule has 0 bridgehead atoms. The van der Waals surface area contributed by atoms with E-state index in [1.54, 1.807) is 37.4 Å². The average molecular weight is 524 g/mol. The number of nitrogens with zero attached hydrogens (tertiary/aromatic N) is 3. The summed E-state index contributed by atoms with van der Waals surface area (Å²) in [4.78, 5) is 2.49. The number of rotatable bonds is 11. The largest absolute Gasteiger partial charge is 0.495 e. The van der Waals surface area contributed by atoms with Crippen LogP contribution in [-0.4, -0.2) is 71.8 Å². The molecule has 2 aromatic carbocycles. The first-order chi connectivity index (χ1) is 16.7. The molecule has 194 valence electrons. The van der Waals surface area contributed by atoms with Crippen molar-refractivity contribution < 1.29 is 21.6 Å². The molecule has 35 heavy (non-hydrogen) atoms. The molecule has 1 fully saturated rings. The van der Waals surface area contributed by atoms with Gasteiger partial charge < -0.3 is 9.64 Å². The van der Waals surface area contributed by atoms with Crippen LogP contribution in [0.1, 0.15) is 39.2 Å². The number of ether oxygens (including phenoxy) is 1. The number of hydrogen-bond acceptors (Lipinski definition) is 6. The van der Waals surface area contributed by atoms with Gasteiger partial charge in [0.2, 0.25) is 20.0 Å². The van der Waals surface area contributed by atoms with E-state index in [-0.39, 0.29) is 4.90 Å². The highest BCUT2D eigenvalue weighted by Gasteiger charge is 2.30. The Morgan fingerprint density at radius 1 is 0.857 bits per heavy atom. The SMILES string of the molecule is CCCCc1ccc(S(=O)(=O)N2CCN(c3cc(S(=O)(=O)N(CC)CC)ccc3OC)CC2)cc1. The lowest BCUT2D eigenvalue weighted by Crippen LogP contribution is -2.48. The number of anilines is 1. The minimum Gasteiger partial charge on any atom is -0.495 e. The van der Waals surface area contributed by atoms with Gasteiger partial charge in [-0.15, -0.1) is 0 Å². The summed E-state index contributed by atoms with van der Waals surface area (Å²) in [5.41, 5.74) is 1.79. The number of unbranched alkanes of at least 4 members (excludes halogenated alkanes) is 1. The Morgan fingerprint density at radius 2 is 1.46 bits per heavy atom. The van der Waals surface area contributed by atoms with E-state index in [2.05, 4.69) is 6.92 Å². The number of aryl methyl sites for hydroxylation is 1. The van der Waals surface area contributed by atoms with Gasteiger partial charge >= 0.3 is 0 Å². The molecule has 3 rings (SSSR count). The maximum absolute atomic E-state index is 13.2. The number of sulfonamides is 2. The van der Waals surface area contributed by atoms with Crippen molar-refractivity contribution in [3.05, 3.63) is 48.0 Å². The summed E-state index contributed by atoms with van der Waals surface area (Å²) in [5.74, 6) is 0.558. The Morgan fingerprint density at radius 3 is 2.00 bits per heavy atom. The summed E-state index contributed by atoms with van der Waals surface area (Å²) in [6, 6.07) is 12.0. The second-order valence-corrected chi connectivity index (χ2v) is 12.4. The van der Waals surface area contributed by atoms with Crippen LogP contribution in [0.25, 0.3) is 0 Å². The molecule has 10 heteroatoms. The zero-order valence-corrected chi connectivity index (χ0v) is 22.7. The number of benzene rings is 2. The van der Waals surface area contributed by atoms with Gasteiger partial charge in [0.15, 0.2) is 0 Å². The standard InChI is InChI=1S/C25H37N3O5S2/c1-5-8-9-21-10-12-22(13-11-21)34(29,30)28-18-16-26(17-19-28)24-20-23(14-15-25(24)33-4)35(31,32)27(6-2)7-3/h10-15,20H,5-9,16-19H2,1-4H3. The monoisotopic (exact) mass is 523 g/mol. The molecule has 8 nitrogen and oxygen atoms in total. The van der Waals surface area contributed by atoms with Gasteiger partial charge in [0, 0.05) is 39.3 Å². The highest BCUT2D eigenvalue weighted by molar-refractivity contribution is 7.89. The quantitative estimate of drug-likeness (QED) is 0.448. The molecule has 1 saturated heterocycles. The van der Waals surface area contributed by atoms with Crippen LogP contribution in [0.5, 0.6) is 5.75 Å². The molecule has 0 unspecified atom stereocenters. The van der Waals surface area contributed by atoms with Gasteiger partial charge in [-0.25, -0.2) is 16.8 Å². The van der Waals surface area contributed by atoms with Gasteiger partial charge in [-0.1, -0.05) is 39.3 Å². The molecule has 1 aliphatic rings. The van der Waals surface area contributed by atoms with Crippen molar-refractivity contribution in [1.29, 1.82) is 0 Å². The Bertz CT molecular complexity index is 1190. The van der Waals surface area contributed by atoms with Gasteiger partial charge in [-0.2, -0.15) is 8.61 Å². The van der Waals surface area contributed by atoms with Crippen LogP contribution in [0, 0.1) is 0 Å². The molecule has 0 saturated carbocycles. The van der Waals surface area contributed by atoms with E-state index in [0.717, 1.165) is 24.8 Å². The minimum atomic E-state index is -3.62. The Labute approximate surface area is 210 Å². The number of hydrogen-bond donors (Lipinski definition) is 0. The molecular formula is C25H37N3O5S2. The highest BCUT2D eigenvalue weighted by atomic mass is 32.2. The van der Waals surface area contributed by atoms with Crippen LogP contribution >= 0.6 is 0 Å². The maximum atomic E-state index is 13.2. The van der Waals surface area contributed by atoms with Gasteiger partial charge in [-0.3, -0.25) is 0 Å².